The summed E-state index contributed by atoms with van der Waals surface area (Å²) < 4.78 is 27.4. The fraction of sp³-hybridized carbons (Fsp3) is 0.600. The molecule has 0 N–H and O–H groups in total. The smallest absolute Gasteiger partial charge is 0.414 e. The molecule has 1 aromatic carbocycles. The summed E-state index contributed by atoms with van der Waals surface area (Å²) in [6, 6.07) is 6.08. The summed E-state index contributed by atoms with van der Waals surface area (Å²) in [7, 11) is -2.66. The Balaban J connectivity index is 2.49. The Morgan fingerprint density at radius 2 is 1.38 bits per heavy atom. The van der Waals surface area contributed by atoms with Crippen LogP contribution in [0.1, 0.15) is 108 Å². The molecule has 1 aliphatic rings. The molecule has 2 rings (SSSR count). The van der Waals surface area contributed by atoms with Crippen molar-refractivity contribution < 1.29 is 13.2 Å². The van der Waals surface area contributed by atoms with Crippen LogP contribution >= 0.6 is 8.69 Å². The molecule has 34 heavy (non-hydrogen) atoms. The first-order chi connectivity index (χ1) is 15.2. The predicted octanol–water partition coefficient (Wildman–Crippen LogP) is 10.5. The maximum Gasteiger partial charge on any atom is 0.505 e. The van der Waals surface area contributed by atoms with Gasteiger partial charge in [0.25, 0.3) is 0 Å². The minimum absolute atomic E-state index is 0.00190. The van der Waals surface area contributed by atoms with Crippen molar-refractivity contribution >= 4 is 8.69 Å². The highest BCUT2D eigenvalue weighted by molar-refractivity contribution is 7.41. The van der Waals surface area contributed by atoms with Crippen LogP contribution in [0.3, 0.4) is 0 Å². The first-order valence-corrected chi connectivity index (χ1v) is 13.4. The van der Waals surface area contributed by atoms with Crippen LogP contribution in [0, 0.1) is 10.8 Å². The van der Waals surface area contributed by atoms with E-state index in [0.29, 0.717) is 11.5 Å². The number of hydrogen-bond acceptors (Lipinski definition) is 2. The molecule has 190 valence electrons. The third-order valence-corrected chi connectivity index (χ3v) is 7.01. The van der Waals surface area contributed by atoms with Gasteiger partial charge < -0.3 is 9.05 Å². The molecule has 1 aromatic rings. The fourth-order valence-corrected chi connectivity index (χ4v) is 4.67. The van der Waals surface area contributed by atoms with E-state index in [1.165, 1.54) is 11.1 Å². The molecule has 0 radical (unpaired) electrons. The zero-order valence-corrected chi connectivity index (χ0v) is 24.6. The number of rotatable bonds is 4. The monoisotopic (exact) mass is 488 g/mol. The van der Waals surface area contributed by atoms with Gasteiger partial charge in [0, 0.05) is 11.1 Å². The maximum atomic E-state index is 15.5. The van der Waals surface area contributed by atoms with Crippen molar-refractivity contribution in [2.24, 2.45) is 10.8 Å². The van der Waals surface area contributed by atoms with Crippen molar-refractivity contribution in [3.05, 3.63) is 64.0 Å². The quantitative estimate of drug-likeness (QED) is 0.392. The Morgan fingerprint density at radius 1 is 0.794 bits per heavy atom. The molecule has 1 unspecified atom stereocenters. The van der Waals surface area contributed by atoms with Crippen LogP contribution in [0.15, 0.2) is 52.8 Å². The molecule has 1 atom stereocenters. The van der Waals surface area contributed by atoms with Gasteiger partial charge in [-0.2, -0.15) is 0 Å². The van der Waals surface area contributed by atoms with E-state index in [2.05, 4.69) is 95.2 Å². The fourth-order valence-electron chi connectivity index (χ4n) is 3.96. The van der Waals surface area contributed by atoms with Crippen LogP contribution in [0.5, 0.6) is 5.75 Å². The zero-order chi connectivity index (χ0) is 26.3. The summed E-state index contributed by atoms with van der Waals surface area (Å²) in [5.74, 6) is 1.18. The minimum Gasteiger partial charge on any atom is -0.414 e. The Bertz CT molecular complexity index is 987. The van der Waals surface area contributed by atoms with E-state index in [4.69, 9.17) is 9.05 Å². The van der Waals surface area contributed by atoms with E-state index in [1.807, 2.05) is 25.1 Å². The number of hydrogen-bond donors (Lipinski definition) is 0. The van der Waals surface area contributed by atoms with Gasteiger partial charge in [-0.15, -0.1) is 4.20 Å². The molecule has 0 saturated carbocycles. The summed E-state index contributed by atoms with van der Waals surface area (Å²) in [5, 5.41) is 0. The molecule has 0 amide bonds. The second-order valence-corrected chi connectivity index (χ2v) is 14.3. The number of allylic oxidation sites excluding steroid dienone is 5. The highest BCUT2D eigenvalue weighted by atomic mass is 31.2. The van der Waals surface area contributed by atoms with Crippen LogP contribution in [0.25, 0.3) is 0 Å². The van der Waals surface area contributed by atoms with Crippen molar-refractivity contribution in [3.63, 3.8) is 0 Å². The van der Waals surface area contributed by atoms with Gasteiger partial charge in [-0.25, -0.2) is 0 Å². The molecule has 2 nitrogen and oxygen atoms in total. The van der Waals surface area contributed by atoms with Crippen LogP contribution in [0.2, 0.25) is 0 Å². The molecule has 0 heterocycles. The van der Waals surface area contributed by atoms with Crippen LogP contribution in [-0.4, -0.2) is 0 Å². The molecule has 0 spiro atoms. The summed E-state index contributed by atoms with van der Waals surface area (Å²) >= 11 is 0. The van der Waals surface area contributed by atoms with Gasteiger partial charge >= 0.3 is 8.69 Å². The Hall–Kier alpha value is -1.60. The lowest BCUT2D eigenvalue weighted by molar-refractivity contribution is 0.347. The summed E-state index contributed by atoms with van der Waals surface area (Å²) in [6.45, 7) is 28.0. The van der Waals surface area contributed by atoms with E-state index in [9.17, 15) is 0 Å². The number of halogens is 1. The van der Waals surface area contributed by atoms with Crippen molar-refractivity contribution in [1.82, 2.24) is 0 Å². The second kappa shape index (κ2) is 9.81. The van der Waals surface area contributed by atoms with Crippen LogP contribution in [0.4, 0.5) is 4.20 Å². The predicted molar refractivity (Wildman–Crippen MR) is 146 cm³/mol. The average Bonchev–Trinajstić information content (AvgIpc) is 2.64. The molecule has 0 saturated heterocycles. The molecule has 0 aromatic heterocycles. The van der Waals surface area contributed by atoms with Gasteiger partial charge in [-0.1, -0.05) is 113 Å². The van der Waals surface area contributed by atoms with Gasteiger partial charge in [0.2, 0.25) is 0 Å². The van der Waals surface area contributed by atoms with Crippen molar-refractivity contribution in [1.29, 1.82) is 0 Å². The van der Waals surface area contributed by atoms with Gasteiger partial charge in [0.1, 0.15) is 11.5 Å². The standard InChI is InChI=1S/C30H46FO2P/c1-14-20-17-22(28(5,6)7)19-24(30(11,12)13)26(20)33-34(31)32-25-16-15-21(27(2,3)4)18-23(25)29(8,9)10/h14-16,18-19H,17H2,1-13H3. The summed E-state index contributed by atoms with van der Waals surface area (Å²) in [5.41, 5.74) is 5.21. The first kappa shape index (κ1) is 28.6. The Kier molecular flexibility index (Phi) is 8.26. The molecule has 1 aliphatic carbocycles. The van der Waals surface area contributed by atoms with E-state index in [0.717, 1.165) is 23.1 Å². The molecular formula is C30H46FO2P. The third-order valence-electron chi connectivity index (χ3n) is 6.34. The van der Waals surface area contributed by atoms with Crippen molar-refractivity contribution in [2.45, 2.75) is 107 Å². The SMILES string of the molecule is CC=C1CC(C(C)(C)C)=CC(C(C)(C)C)=C1OP(F)Oc1ccc(C(C)(C)C)cc1C(C)(C)C. The molecular weight excluding hydrogens is 442 g/mol. The average molecular weight is 489 g/mol. The topological polar surface area (TPSA) is 18.5 Å². The van der Waals surface area contributed by atoms with Crippen LogP contribution in [-0.2, 0) is 15.4 Å². The lowest BCUT2D eigenvalue weighted by Gasteiger charge is -2.34. The second-order valence-electron chi connectivity index (χ2n) is 13.5. The Morgan fingerprint density at radius 3 is 1.82 bits per heavy atom. The summed E-state index contributed by atoms with van der Waals surface area (Å²) in [4.78, 5) is 0. The lowest BCUT2D eigenvalue weighted by atomic mass is 9.73. The zero-order valence-electron chi connectivity index (χ0n) is 23.7. The molecule has 0 aliphatic heterocycles. The van der Waals surface area contributed by atoms with E-state index < -0.39 is 8.69 Å². The van der Waals surface area contributed by atoms with Gasteiger partial charge in [-0.05, 0) is 52.2 Å². The largest absolute Gasteiger partial charge is 0.505 e. The van der Waals surface area contributed by atoms with Gasteiger partial charge in [0.15, 0.2) is 0 Å². The Labute approximate surface area is 209 Å². The van der Waals surface area contributed by atoms with Crippen molar-refractivity contribution in [3.8, 4) is 5.75 Å². The normalized spacial score (nSPS) is 18.2. The van der Waals surface area contributed by atoms with Crippen LogP contribution < -0.4 is 4.52 Å². The van der Waals surface area contributed by atoms with Gasteiger partial charge in [0.05, 0.1) is 0 Å². The minimum atomic E-state index is -2.66. The summed E-state index contributed by atoms with van der Waals surface area (Å²) in [6.07, 6.45) is 5.01. The van der Waals surface area contributed by atoms with E-state index in [-0.39, 0.29) is 21.7 Å². The van der Waals surface area contributed by atoms with Crippen molar-refractivity contribution in [2.75, 3.05) is 0 Å². The lowest BCUT2D eigenvalue weighted by Crippen LogP contribution is -2.21. The van der Waals surface area contributed by atoms with E-state index >= 15 is 4.20 Å². The van der Waals surface area contributed by atoms with E-state index in [1.54, 1.807) is 0 Å². The first-order valence-electron chi connectivity index (χ1n) is 12.3. The number of benzene rings is 1. The molecule has 4 heteroatoms. The van der Waals surface area contributed by atoms with Gasteiger partial charge in [-0.3, -0.25) is 0 Å². The molecule has 0 bridgehead atoms. The third kappa shape index (κ3) is 6.97. The molecule has 0 fully saturated rings. The maximum absolute atomic E-state index is 15.5. The highest BCUT2D eigenvalue weighted by Crippen LogP contribution is 2.52. The highest BCUT2D eigenvalue weighted by Gasteiger charge is 2.34.